The summed E-state index contributed by atoms with van der Waals surface area (Å²) >= 11 is 0. The Morgan fingerprint density at radius 1 is 0.921 bits per heavy atom. The first-order valence-electron chi connectivity index (χ1n) is 13.3. The lowest BCUT2D eigenvalue weighted by Crippen LogP contribution is -2.59. The molecule has 0 bridgehead atoms. The fraction of sp³-hybridized carbons (Fsp3) is 0.571. The van der Waals surface area contributed by atoms with Crippen LogP contribution in [0.3, 0.4) is 0 Å². The van der Waals surface area contributed by atoms with E-state index in [0.29, 0.717) is 12.8 Å². The van der Waals surface area contributed by atoms with Crippen molar-refractivity contribution in [3.8, 4) is 0 Å². The number of rotatable bonds is 14. The first-order chi connectivity index (χ1) is 17.8. The van der Waals surface area contributed by atoms with Crippen molar-refractivity contribution < 1.29 is 24.3 Å². The van der Waals surface area contributed by atoms with E-state index in [2.05, 4.69) is 20.9 Å². The SMILES string of the molecule is CCC(C)C(N)C(=O)NC(C(=O)NC(CC(C)C)C(=O)NC(Cc1c[nH]c2ccccc12)C(=O)O)C(C)C. The van der Waals surface area contributed by atoms with E-state index in [4.69, 9.17) is 5.73 Å². The number of nitrogens with one attached hydrogen (secondary N) is 4. The number of fused-ring (bicyclic) bond motifs is 1. The molecule has 5 unspecified atom stereocenters. The lowest BCUT2D eigenvalue weighted by Gasteiger charge is -2.28. The van der Waals surface area contributed by atoms with Crippen LogP contribution in [0.15, 0.2) is 30.5 Å². The summed E-state index contributed by atoms with van der Waals surface area (Å²) in [6, 6.07) is 3.69. The lowest BCUT2D eigenvalue weighted by atomic mass is 9.96. The normalized spacial score (nSPS) is 15.5. The molecule has 0 fully saturated rings. The monoisotopic (exact) mass is 529 g/mol. The molecule has 0 saturated carbocycles. The zero-order valence-corrected chi connectivity index (χ0v) is 23.2. The summed E-state index contributed by atoms with van der Waals surface area (Å²) in [6.45, 7) is 11.2. The van der Waals surface area contributed by atoms with E-state index in [1.807, 2.05) is 52.0 Å². The molecule has 3 amide bonds. The first-order valence-corrected chi connectivity index (χ1v) is 13.3. The maximum absolute atomic E-state index is 13.3. The highest BCUT2D eigenvalue weighted by molar-refractivity contribution is 5.94. The fourth-order valence-electron chi connectivity index (χ4n) is 4.25. The van der Waals surface area contributed by atoms with Crippen LogP contribution >= 0.6 is 0 Å². The van der Waals surface area contributed by atoms with Crippen LogP contribution in [-0.2, 0) is 25.6 Å². The van der Waals surface area contributed by atoms with E-state index in [-0.39, 0.29) is 24.2 Å². The molecule has 1 aromatic carbocycles. The summed E-state index contributed by atoms with van der Waals surface area (Å²) in [5.41, 5.74) is 7.68. The highest BCUT2D eigenvalue weighted by atomic mass is 16.4. The molecule has 5 atom stereocenters. The van der Waals surface area contributed by atoms with Crippen molar-refractivity contribution in [2.24, 2.45) is 23.5 Å². The average molecular weight is 530 g/mol. The molecule has 1 aromatic heterocycles. The molecule has 1 heterocycles. The van der Waals surface area contributed by atoms with Gasteiger partial charge in [-0.3, -0.25) is 14.4 Å². The molecule has 0 aliphatic heterocycles. The number of aliphatic carboxylic acids is 1. The van der Waals surface area contributed by atoms with Gasteiger partial charge in [-0.05, 0) is 35.8 Å². The third kappa shape index (κ3) is 8.31. The van der Waals surface area contributed by atoms with Crippen molar-refractivity contribution in [3.63, 3.8) is 0 Å². The van der Waals surface area contributed by atoms with E-state index >= 15 is 0 Å². The highest BCUT2D eigenvalue weighted by Gasteiger charge is 2.33. The molecule has 0 radical (unpaired) electrons. The van der Waals surface area contributed by atoms with Crippen molar-refractivity contribution in [1.82, 2.24) is 20.9 Å². The Morgan fingerprint density at radius 2 is 1.55 bits per heavy atom. The molecule has 0 saturated heterocycles. The van der Waals surface area contributed by atoms with Gasteiger partial charge < -0.3 is 31.8 Å². The summed E-state index contributed by atoms with van der Waals surface area (Å²) in [5.74, 6) is -3.01. The van der Waals surface area contributed by atoms with Gasteiger partial charge in [-0.25, -0.2) is 4.79 Å². The zero-order chi connectivity index (χ0) is 28.6. The van der Waals surface area contributed by atoms with Gasteiger partial charge in [0, 0.05) is 23.5 Å². The minimum absolute atomic E-state index is 0.0360. The molecule has 2 rings (SSSR count). The van der Waals surface area contributed by atoms with Crippen LogP contribution in [0.4, 0.5) is 0 Å². The average Bonchev–Trinajstić information content (AvgIpc) is 3.27. The van der Waals surface area contributed by atoms with E-state index < -0.39 is 47.9 Å². The van der Waals surface area contributed by atoms with Gasteiger partial charge in [0.25, 0.3) is 0 Å². The minimum Gasteiger partial charge on any atom is -0.480 e. The van der Waals surface area contributed by atoms with Gasteiger partial charge in [0.15, 0.2) is 0 Å². The number of carboxylic acid groups (broad SMARTS) is 1. The Labute approximate surface area is 224 Å². The first kappa shape index (κ1) is 30.8. The van der Waals surface area contributed by atoms with Gasteiger partial charge in [-0.2, -0.15) is 0 Å². The topological polar surface area (TPSA) is 166 Å². The number of carbonyl (C=O) groups excluding carboxylic acids is 3. The van der Waals surface area contributed by atoms with Crippen molar-refractivity contribution in [2.75, 3.05) is 0 Å². The third-order valence-corrected chi connectivity index (χ3v) is 6.86. The number of para-hydroxylation sites is 1. The second kappa shape index (κ2) is 13.9. The van der Waals surface area contributed by atoms with Gasteiger partial charge in [0.1, 0.15) is 18.1 Å². The minimum atomic E-state index is -1.19. The second-order valence-corrected chi connectivity index (χ2v) is 10.8. The number of carboxylic acids is 1. The Morgan fingerprint density at radius 3 is 2.13 bits per heavy atom. The van der Waals surface area contributed by atoms with E-state index in [9.17, 15) is 24.3 Å². The standard InChI is InChI=1S/C28H43N5O5/c1-7-17(6)23(29)26(35)33-24(16(4)5)27(36)31-21(12-15(2)3)25(34)32-22(28(37)38)13-18-14-30-20-11-9-8-10-19(18)20/h8-11,14-17,21-24,30H,7,12-13,29H2,1-6H3,(H,31,36)(H,32,34)(H,33,35)(H,37,38). The molecule has 10 nitrogen and oxygen atoms in total. The largest absolute Gasteiger partial charge is 0.480 e. The summed E-state index contributed by atoms with van der Waals surface area (Å²) in [5, 5.41) is 18.8. The molecule has 38 heavy (non-hydrogen) atoms. The Hall–Kier alpha value is -3.40. The van der Waals surface area contributed by atoms with Crippen LogP contribution < -0.4 is 21.7 Å². The van der Waals surface area contributed by atoms with Crippen LogP contribution in [-0.4, -0.2) is 57.9 Å². The Kier molecular flexibility index (Phi) is 11.3. The second-order valence-electron chi connectivity index (χ2n) is 10.8. The molecule has 0 aliphatic carbocycles. The maximum Gasteiger partial charge on any atom is 0.326 e. The number of hydrogen-bond acceptors (Lipinski definition) is 5. The summed E-state index contributed by atoms with van der Waals surface area (Å²) in [4.78, 5) is 54.3. The quantitative estimate of drug-likeness (QED) is 0.220. The van der Waals surface area contributed by atoms with Crippen LogP contribution in [0.5, 0.6) is 0 Å². The maximum atomic E-state index is 13.3. The predicted molar refractivity (Wildman–Crippen MR) is 147 cm³/mol. The van der Waals surface area contributed by atoms with E-state index in [1.165, 1.54) is 0 Å². The van der Waals surface area contributed by atoms with Gasteiger partial charge >= 0.3 is 5.97 Å². The summed E-state index contributed by atoms with van der Waals surface area (Å²) < 4.78 is 0. The van der Waals surface area contributed by atoms with Crippen LogP contribution in [0.25, 0.3) is 10.9 Å². The Balaban J connectivity index is 2.17. The number of benzene rings is 1. The molecular formula is C28H43N5O5. The summed E-state index contributed by atoms with van der Waals surface area (Å²) in [7, 11) is 0. The van der Waals surface area contributed by atoms with Crippen LogP contribution in [0.1, 0.15) is 59.9 Å². The molecule has 2 aromatic rings. The number of nitrogens with two attached hydrogens (primary N) is 1. The number of hydrogen-bond donors (Lipinski definition) is 6. The van der Waals surface area contributed by atoms with Crippen molar-refractivity contribution in [3.05, 3.63) is 36.0 Å². The van der Waals surface area contributed by atoms with Gasteiger partial charge in [-0.15, -0.1) is 0 Å². The number of aromatic nitrogens is 1. The number of carbonyl (C=O) groups is 4. The number of H-pyrrole nitrogens is 1. The third-order valence-electron chi connectivity index (χ3n) is 6.86. The van der Waals surface area contributed by atoms with Crippen LogP contribution in [0, 0.1) is 17.8 Å². The molecule has 10 heteroatoms. The smallest absolute Gasteiger partial charge is 0.326 e. The molecule has 210 valence electrons. The molecule has 0 spiro atoms. The van der Waals surface area contributed by atoms with Crippen molar-refractivity contribution in [2.45, 2.75) is 85.0 Å². The Bertz CT molecular complexity index is 1110. The van der Waals surface area contributed by atoms with E-state index in [1.54, 1.807) is 20.0 Å². The molecular weight excluding hydrogens is 486 g/mol. The fourth-order valence-corrected chi connectivity index (χ4v) is 4.25. The lowest BCUT2D eigenvalue weighted by molar-refractivity contribution is -0.142. The van der Waals surface area contributed by atoms with Gasteiger partial charge in [0.2, 0.25) is 17.7 Å². The van der Waals surface area contributed by atoms with Gasteiger partial charge in [0.05, 0.1) is 6.04 Å². The highest BCUT2D eigenvalue weighted by Crippen LogP contribution is 2.19. The van der Waals surface area contributed by atoms with Crippen molar-refractivity contribution in [1.29, 1.82) is 0 Å². The predicted octanol–water partition coefficient (Wildman–Crippen LogP) is 2.32. The summed E-state index contributed by atoms with van der Waals surface area (Å²) in [6.07, 6.45) is 2.82. The number of aromatic amines is 1. The van der Waals surface area contributed by atoms with Crippen molar-refractivity contribution >= 4 is 34.6 Å². The van der Waals surface area contributed by atoms with Crippen LogP contribution in [0.2, 0.25) is 0 Å². The van der Waals surface area contributed by atoms with E-state index in [0.717, 1.165) is 16.5 Å². The zero-order valence-electron chi connectivity index (χ0n) is 23.2. The molecule has 7 N–H and O–H groups in total. The number of amides is 3. The van der Waals surface area contributed by atoms with Gasteiger partial charge in [-0.1, -0.05) is 66.2 Å². The molecule has 0 aliphatic rings.